The first-order chi connectivity index (χ1) is 10.1. The van der Waals surface area contributed by atoms with Gasteiger partial charge in [-0.1, -0.05) is 38.1 Å². The fourth-order valence-corrected chi connectivity index (χ4v) is 3.53. The van der Waals surface area contributed by atoms with E-state index < -0.39 is 0 Å². The summed E-state index contributed by atoms with van der Waals surface area (Å²) in [5.74, 6) is 0.738. The van der Waals surface area contributed by atoms with E-state index in [-0.39, 0.29) is 0 Å². The van der Waals surface area contributed by atoms with E-state index in [1.807, 2.05) is 0 Å². The molecule has 2 heteroatoms. The zero-order chi connectivity index (χ0) is 15.2. The minimum atomic E-state index is 0.678. The maximum Gasteiger partial charge on any atom is 0.0120 e. The Kier molecular flexibility index (Phi) is 6.25. The lowest BCUT2D eigenvalue weighted by Gasteiger charge is -2.43. The Bertz CT molecular complexity index is 429. The first-order valence-electron chi connectivity index (χ1n) is 8.65. The second kappa shape index (κ2) is 7.95. The largest absolute Gasteiger partial charge is 0.314 e. The van der Waals surface area contributed by atoms with Crippen molar-refractivity contribution < 1.29 is 0 Å². The van der Waals surface area contributed by atoms with Crippen LogP contribution >= 0.6 is 0 Å². The van der Waals surface area contributed by atoms with E-state index in [4.69, 9.17) is 0 Å². The molecule has 118 valence electrons. The SMILES string of the molecule is CCCNC1CCN(CCc2ccccc2C)C(C)C1C. The molecule has 0 spiro atoms. The number of nitrogens with one attached hydrogen (secondary N) is 1. The van der Waals surface area contributed by atoms with Gasteiger partial charge in [-0.15, -0.1) is 0 Å². The van der Waals surface area contributed by atoms with Gasteiger partial charge >= 0.3 is 0 Å². The van der Waals surface area contributed by atoms with Crippen molar-refractivity contribution in [2.75, 3.05) is 19.6 Å². The fourth-order valence-electron chi connectivity index (χ4n) is 3.53. The lowest BCUT2D eigenvalue weighted by Crippen LogP contribution is -2.53. The Morgan fingerprint density at radius 2 is 2.00 bits per heavy atom. The summed E-state index contributed by atoms with van der Waals surface area (Å²) in [6, 6.07) is 10.2. The van der Waals surface area contributed by atoms with Gasteiger partial charge < -0.3 is 5.32 Å². The van der Waals surface area contributed by atoms with E-state index in [1.54, 1.807) is 0 Å². The average molecular weight is 288 g/mol. The van der Waals surface area contributed by atoms with Crippen LogP contribution in [0.2, 0.25) is 0 Å². The van der Waals surface area contributed by atoms with Crippen LogP contribution in [-0.4, -0.2) is 36.6 Å². The van der Waals surface area contributed by atoms with Crippen LogP contribution in [0.1, 0.15) is 44.7 Å². The summed E-state index contributed by atoms with van der Waals surface area (Å²) in [6.07, 6.45) is 3.70. The summed E-state index contributed by atoms with van der Waals surface area (Å²) in [6.45, 7) is 12.9. The molecule has 2 rings (SSSR count). The molecule has 1 aliphatic rings. The molecular formula is C19H32N2. The topological polar surface area (TPSA) is 15.3 Å². The minimum absolute atomic E-state index is 0.678. The second-order valence-corrected chi connectivity index (χ2v) is 6.66. The van der Waals surface area contributed by atoms with Crippen LogP contribution in [0.3, 0.4) is 0 Å². The maximum absolute atomic E-state index is 3.73. The van der Waals surface area contributed by atoms with E-state index in [0.717, 1.165) is 12.5 Å². The van der Waals surface area contributed by atoms with Gasteiger partial charge in [0.05, 0.1) is 0 Å². The second-order valence-electron chi connectivity index (χ2n) is 6.66. The zero-order valence-corrected chi connectivity index (χ0v) is 14.2. The Morgan fingerprint density at radius 1 is 1.24 bits per heavy atom. The molecule has 1 aromatic carbocycles. The zero-order valence-electron chi connectivity index (χ0n) is 14.2. The molecule has 0 aromatic heterocycles. The lowest BCUT2D eigenvalue weighted by atomic mass is 9.86. The standard InChI is InChI=1S/C19H32N2/c1-5-12-20-19-11-14-21(17(4)16(19)3)13-10-18-9-7-6-8-15(18)2/h6-9,16-17,19-20H,5,10-14H2,1-4H3. The Balaban J connectivity index is 1.86. The maximum atomic E-state index is 3.73. The van der Waals surface area contributed by atoms with Gasteiger partial charge in [0.2, 0.25) is 0 Å². The van der Waals surface area contributed by atoms with E-state index in [0.29, 0.717) is 12.1 Å². The van der Waals surface area contributed by atoms with Crippen LogP contribution in [0.5, 0.6) is 0 Å². The third-order valence-electron chi connectivity index (χ3n) is 5.29. The van der Waals surface area contributed by atoms with Crippen LogP contribution in [0, 0.1) is 12.8 Å². The van der Waals surface area contributed by atoms with E-state index in [9.17, 15) is 0 Å². The summed E-state index contributed by atoms with van der Waals surface area (Å²) in [7, 11) is 0. The summed E-state index contributed by atoms with van der Waals surface area (Å²) in [5, 5.41) is 3.73. The lowest BCUT2D eigenvalue weighted by molar-refractivity contribution is 0.0861. The van der Waals surface area contributed by atoms with Crippen molar-refractivity contribution in [1.82, 2.24) is 10.2 Å². The molecule has 1 saturated heterocycles. The van der Waals surface area contributed by atoms with Crippen molar-refractivity contribution in [3.8, 4) is 0 Å². The molecular weight excluding hydrogens is 256 g/mol. The molecule has 1 N–H and O–H groups in total. The molecule has 21 heavy (non-hydrogen) atoms. The Morgan fingerprint density at radius 3 is 2.71 bits per heavy atom. The first kappa shape index (κ1) is 16.5. The van der Waals surface area contributed by atoms with E-state index in [2.05, 4.69) is 62.2 Å². The molecule has 1 heterocycles. The fraction of sp³-hybridized carbons (Fsp3) is 0.684. The molecule has 0 aliphatic carbocycles. The monoisotopic (exact) mass is 288 g/mol. The Hall–Kier alpha value is -0.860. The quantitative estimate of drug-likeness (QED) is 0.860. The molecule has 1 aliphatic heterocycles. The minimum Gasteiger partial charge on any atom is -0.314 e. The Labute approximate surface area is 130 Å². The number of benzene rings is 1. The van der Waals surface area contributed by atoms with Gasteiger partial charge in [0, 0.05) is 18.6 Å². The van der Waals surface area contributed by atoms with Gasteiger partial charge in [-0.05, 0) is 63.2 Å². The van der Waals surface area contributed by atoms with Crippen molar-refractivity contribution in [3.05, 3.63) is 35.4 Å². The number of rotatable bonds is 6. The van der Waals surface area contributed by atoms with Crippen molar-refractivity contribution >= 4 is 0 Å². The number of likely N-dealkylation sites (tertiary alicyclic amines) is 1. The highest BCUT2D eigenvalue weighted by molar-refractivity contribution is 5.25. The van der Waals surface area contributed by atoms with Gasteiger partial charge in [-0.2, -0.15) is 0 Å². The van der Waals surface area contributed by atoms with Crippen molar-refractivity contribution in [3.63, 3.8) is 0 Å². The van der Waals surface area contributed by atoms with Crippen molar-refractivity contribution in [1.29, 1.82) is 0 Å². The van der Waals surface area contributed by atoms with Crippen LogP contribution in [0.15, 0.2) is 24.3 Å². The first-order valence-corrected chi connectivity index (χ1v) is 8.65. The number of aryl methyl sites for hydroxylation is 1. The highest BCUT2D eigenvalue weighted by atomic mass is 15.2. The number of hydrogen-bond donors (Lipinski definition) is 1. The molecule has 0 saturated carbocycles. The molecule has 0 bridgehead atoms. The molecule has 1 fully saturated rings. The van der Waals surface area contributed by atoms with Crippen molar-refractivity contribution in [2.24, 2.45) is 5.92 Å². The normalized spacial score (nSPS) is 27.0. The summed E-state index contributed by atoms with van der Waals surface area (Å²) < 4.78 is 0. The highest BCUT2D eigenvalue weighted by Crippen LogP contribution is 2.24. The third-order valence-corrected chi connectivity index (χ3v) is 5.29. The van der Waals surface area contributed by atoms with Gasteiger partial charge in [0.1, 0.15) is 0 Å². The van der Waals surface area contributed by atoms with Crippen LogP contribution in [0.25, 0.3) is 0 Å². The summed E-state index contributed by atoms with van der Waals surface area (Å²) in [5.41, 5.74) is 2.93. The van der Waals surface area contributed by atoms with Crippen LogP contribution < -0.4 is 5.32 Å². The van der Waals surface area contributed by atoms with Crippen molar-refractivity contribution in [2.45, 2.75) is 59.0 Å². The van der Waals surface area contributed by atoms with Crippen LogP contribution in [0.4, 0.5) is 0 Å². The predicted molar refractivity (Wildman–Crippen MR) is 91.8 cm³/mol. The molecule has 0 amide bonds. The van der Waals surface area contributed by atoms with E-state index >= 15 is 0 Å². The van der Waals surface area contributed by atoms with Crippen LogP contribution in [-0.2, 0) is 6.42 Å². The van der Waals surface area contributed by atoms with Gasteiger partial charge in [-0.25, -0.2) is 0 Å². The van der Waals surface area contributed by atoms with E-state index in [1.165, 1.54) is 43.5 Å². The summed E-state index contributed by atoms with van der Waals surface area (Å²) >= 11 is 0. The van der Waals surface area contributed by atoms with Gasteiger partial charge in [-0.3, -0.25) is 4.90 Å². The number of hydrogen-bond acceptors (Lipinski definition) is 2. The molecule has 2 nitrogen and oxygen atoms in total. The predicted octanol–water partition coefficient (Wildman–Crippen LogP) is 3.64. The van der Waals surface area contributed by atoms with Gasteiger partial charge in [0.15, 0.2) is 0 Å². The molecule has 3 unspecified atom stereocenters. The molecule has 1 aromatic rings. The summed E-state index contributed by atoms with van der Waals surface area (Å²) in [4.78, 5) is 2.68. The molecule has 3 atom stereocenters. The smallest absolute Gasteiger partial charge is 0.0120 e. The molecule has 0 radical (unpaired) electrons. The highest BCUT2D eigenvalue weighted by Gasteiger charge is 2.31. The third kappa shape index (κ3) is 4.31. The number of piperidine rings is 1. The number of nitrogens with zero attached hydrogens (tertiary/aromatic N) is 1. The average Bonchev–Trinajstić information content (AvgIpc) is 2.49. The van der Waals surface area contributed by atoms with Gasteiger partial charge in [0.25, 0.3) is 0 Å².